The smallest absolute Gasteiger partial charge is 0.0808 e. The van der Waals surface area contributed by atoms with Gasteiger partial charge in [0.1, 0.15) is 0 Å². The fourth-order valence-corrected chi connectivity index (χ4v) is 3.18. The molecule has 0 aromatic heterocycles. The maximum atomic E-state index is 6.75. The van der Waals surface area contributed by atoms with Gasteiger partial charge in [0.2, 0.25) is 0 Å². The summed E-state index contributed by atoms with van der Waals surface area (Å²) >= 11 is 6.75. The van der Waals surface area contributed by atoms with E-state index in [-0.39, 0.29) is 15.7 Å². The van der Waals surface area contributed by atoms with E-state index in [1.54, 1.807) is 0 Å². The minimum atomic E-state index is -0.193. The summed E-state index contributed by atoms with van der Waals surface area (Å²) in [6.45, 7) is 8.97. The number of hydrogen-bond acceptors (Lipinski definition) is 0. The van der Waals surface area contributed by atoms with Crippen molar-refractivity contribution in [1.29, 1.82) is 0 Å². The fourth-order valence-electron chi connectivity index (χ4n) is 2.63. The van der Waals surface area contributed by atoms with Crippen molar-refractivity contribution in [2.75, 3.05) is 0 Å². The first kappa shape index (κ1) is 10.0. The third-order valence-electron chi connectivity index (χ3n) is 4.39. The molecular weight excluding hydrogens is 192 g/mol. The maximum Gasteiger partial charge on any atom is 0.0808 e. The molecule has 0 radical (unpaired) electrons. The first-order valence-electron chi connectivity index (χ1n) is 5.10. The van der Waals surface area contributed by atoms with Crippen LogP contribution >= 0.6 is 11.6 Å². The Labute approximate surface area is 91.3 Å². The summed E-state index contributed by atoms with van der Waals surface area (Å²) in [6.07, 6.45) is 0. The molecular formula is C13H17Cl. The lowest BCUT2D eigenvalue weighted by molar-refractivity contribution is 0.457. The van der Waals surface area contributed by atoms with Crippen LogP contribution in [0.2, 0.25) is 0 Å². The quantitative estimate of drug-likeness (QED) is 0.608. The van der Waals surface area contributed by atoms with Crippen molar-refractivity contribution in [3.8, 4) is 0 Å². The van der Waals surface area contributed by atoms with Gasteiger partial charge < -0.3 is 0 Å². The standard InChI is InChI=1S/C13H17Cl/c1-11(2)12(3,4)13(11,14)10-8-6-5-7-9-10/h5-9H,1-4H3. The Kier molecular flexibility index (Phi) is 1.83. The lowest BCUT2D eigenvalue weighted by Gasteiger charge is -2.13. The van der Waals surface area contributed by atoms with Gasteiger partial charge in [-0.2, -0.15) is 0 Å². The molecule has 0 aliphatic heterocycles. The van der Waals surface area contributed by atoms with E-state index in [1.807, 2.05) is 6.07 Å². The fraction of sp³-hybridized carbons (Fsp3) is 0.538. The van der Waals surface area contributed by atoms with Crippen LogP contribution < -0.4 is 0 Å². The molecule has 1 heteroatoms. The zero-order valence-corrected chi connectivity index (χ0v) is 10.0. The van der Waals surface area contributed by atoms with Gasteiger partial charge in [0.25, 0.3) is 0 Å². The SMILES string of the molecule is CC1(C)C(C)(C)C1(Cl)c1ccccc1. The molecule has 1 saturated carbocycles. The highest BCUT2D eigenvalue weighted by atomic mass is 35.5. The molecule has 0 amide bonds. The Morgan fingerprint density at radius 3 is 1.64 bits per heavy atom. The topological polar surface area (TPSA) is 0 Å². The summed E-state index contributed by atoms with van der Waals surface area (Å²) in [6, 6.07) is 10.4. The predicted octanol–water partition coefficient (Wildman–Crippen LogP) is 4.19. The largest absolute Gasteiger partial charge is 0.113 e. The molecule has 1 aliphatic rings. The highest BCUT2D eigenvalue weighted by Gasteiger charge is 2.77. The summed E-state index contributed by atoms with van der Waals surface area (Å²) in [5.74, 6) is 0. The average molecular weight is 209 g/mol. The number of alkyl halides is 1. The molecule has 0 atom stereocenters. The van der Waals surface area contributed by atoms with E-state index >= 15 is 0 Å². The third-order valence-corrected chi connectivity index (χ3v) is 5.56. The second-order valence-corrected chi connectivity index (χ2v) is 5.84. The van der Waals surface area contributed by atoms with Gasteiger partial charge in [-0.1, -0.05) is 58.0 Å². The van der Waals surface area contributed by atoms with Crippen LogP contribution in [0.1, 0.15) is 33.3 Å². The van der Waals surface area contributed by atoms with E-state index in [0.29, 0.717) is 0 Å². The Balaban J connectivity index is 2.48. The van der Waals surface area contributed by atoms with Gasteiger partial charge in [-0.05, 0) is 16.4 Å². The number of benzene rings is 1. The Morgan fingerprint density at radius 1 is 0.857 bits per heavy atom. The molecule has 1 aromatic carbocycles. The summed E-state index contributed by atoms with van der Waals surface area (Å²) < 4.78 is 0. The first-order chi connectivity index (χ1) is 6.36. The molecule has 0 spiro atoms. The lowest BCUT2D eigenvalue weighted by atomic mass is 10.0. The number of hydrogen-bond donors (Lipinski definition) is 0. The van der Waals surface area contributed by atoms with Gasteiger partial charge in [0.05, 0.1) is 4.87 Å². The molecule has 14 heavy (non-hydrogen) atoms. The van der Waals surface area contributed by atoms with E-state index in [1.165, 1.54) is 5.56 Å². The molecule has 1 aromatic rings. The van der Waals surface area contributed by atoms with Crippen LogP contribution in [0.15, 0.2) is 30.3 Å². The summed E-state index contributed by atoms with van der Waals surface area (Å²) in [5, 5.41) is 0. The zero-order chi connectivity index (χ0) is 10.6. The van der Waals surface area contributed by atoms with E-state index in [9.17, 15) is 0 Å². The van der Waals surface area contributed by atoms with Crippen LogP contribution in [0.25, 0.3) is 0 Å². The maximum absolute atomic E-state index is 6.75. The van der Waals surface area contributed by atoms with E-state index in [0.717, 1.165) is 0 Å². The van der Waals surface area contributed by atoms with Crippen molar-refractivity contribution in [3.63, 3.8) is 0 Å². The van der Waals surface area contributed by atoms with Crippen LogP contribution in [0.4, 0.5) is 0 Å². The third kappa shape index (κ3) is 0.857. The van der Waals surface area contributed by atoms with Crippen molar-refractivity contribution in [2.45, 2.75) is 32.6 Å². The van der Waals surface area contributed by atoms with Crippen molar-refractivity contribution < 1.29 is 0 Å². The molecule has 0 N–H and O–H groups in total. The second-order valence-electron chi connectivity index (χ2n) is 5.27. The lowest BCUT2D eigenvalue weighted by Crippen LogP contribution is -2.07. The van der Waals surface area contributed by atoms with Crippen molar-refractivity contribution in [2.24, 2.45) is 10.8 Å². The first-order valence-corrected chi connectivity index (χ1v) is 5.48. The molecule has 0 bridgehead atoms. The average Bonchev–Trinajstić information content (AvgIpc) is 2.47. The number of rotatable bonds is 1. The molecule has 0 unspecified atom stereocenters. The van der Waals surface area contributed by atoms with Crippen LogP contribution in [0, 0.1) is 10.8 Å². The van der Waals surface area contributed by atoms with E-state index in [2.05, 4.69) is 52.0 Å². The minimum Gasteiger partial charge on any atom is -0.113 e. The Morgan fingerprint density at radius 2 is 1.29 bits per heavy atom. The van der Waals surface area contributed by atoms with Gasteiger partial charge in [-0.15, -0.1) is 11.6 Å². The highest BCUT2D eigenvalue weighted by Crippen LogP contribution is 2.80. The van der Waals surface area contributed by atoms with Crippen molar-refractivity contribution >= 4 is 11.6 Å². The molecule has 0 nitrogen and oxygen atoms in total. The minimum absolute atomic E-state index is 0.170. The van der Waals surface area contributed by atoms with Gasteiger partial charge in [-0.25, -0.2) is 0 Å². The Bertz CT molecular complexity index is 335. The van der Waals surface area contributed by atoms with E-state index < -0.39 is 0 Å². The summed E-state index contributed by atoms with van der Waals surface area (Å²) in [7, 11) is 0. The summed E-state index contributed by atoms with van der Waals surface area (Å²) in [4.78, 5) is -0.193. The Hall–Kier alpha value is -0.490. The molecule has 1 fully saturated rings. The molecule has 0 heterocycles. The van der Waals surface area contributed by atoms with Crippen LogP contribution in [-0.4, -0.2) is 0 Å². The van der Waals surface area contributed by atoms with Crippen molar-refractivity contribution in [3.05, 3.63) is 35.9 Å². The monoisotopic (exact) mass is 208 g/mol. The highest BCUT2D eigenvalue weighted by molar-refractivity contribution is 6.27. The molecule has 1 aliphatic carbocycles. The van der Waals surface area contributed by atoms with Gasteiger partial charge in [0, 0.05) is 0 Å². The second kappa shape index (κ2) is 2.55. The zero-order valence-electron chi connectivity index (χ0n) is 9.26. The van der Waals surface area contributed by atoms with Crippen LogP contribution in [0.5, 0.6) is 0 Å². The van der Waals surface area contributed by atoms with Crippen molar-refractivity contribution in [1.82, 2.24) is 0 Å². The summed E-state index contributed by atoms with van der Waals surface area (Å²) in [5.41, 5.74) is 1.59. The number of halogens is 1. The van der Waals surface area contributed by atoms with Crippen LogP contribution in [0.3, 0.4) is 0 Å². The van der Waals surface area contributed by atoms with E-state index in [4.69, 9.17) is 11.6 Å². The van der Waals surface area contributed by atoms with Gasteiger partial charge >= 0.3 is 0 Å². The molecule has 2 rings (SSSR count). The predicted molar refractivity (Wildman–Crippen MR) is 61.5 cm³/mol. The van der Waals surface area contributed by atoms with Gasteiger partial charge in [-0.3, -0.25) is 0 Å². The normalized spacial score (nSPS) is 25.8. The van der Waals surface area contributed by atoms with Gasteiger partial charge in [0.15, 0.2) is 0 Å². The molecule has 0 saturated heterocycles. The van der Waals surface area contributed by atoms with Crippen LogP contribution in [-0.2, 0) is 4.87 Å². The molecule has 76 valence electrons.